The highest BCUT2D eigenvalue weighted by Gasteiger charge is 2.36. The van der Waals surface area contributed by atoms with Gasteiger partial charge in [-0.1, -0.05) is 91.1 Å². The van der Waals surface area contributed by atoms with Crippen molar-refractivity contribution in [1.82, 2.24) is 0 Å². The molecule has 0 aromatic heterocycles. The van der Waals surface area contributed by atoms with Crippen molar-refractivity contribution in [2.24, 2.45) is 11.7 Å². The number of carbonyl (C=O) groups is 1. The molecule has 1 fully saturated rings. The molecular weight excluding hydrogens is 422 g/mol. The quantitative estimate of drug-likeness (QED) is 0.435. The van der Waals surface area contributed by atoms with Gasteiger partial charge in [0.2, 0.25) is 12.2 Å². The van der Waals surface area contributed by atoms with Crippen LogP contribution >= 0.6 is 0 Å². The summed E-state index contributed by atoms with van der Waals surface area (Å²) in [5, 5.41) is 0. The minimum absolute atomic E-state index is 0.250. The first-order chi connectivity index (χ1) is 16.5. The van der Waals surface area contributed by atoms with Crippen molar-refractivity contribution >= 4 is 6.41 Å². The molecule has 4 heteroatoms. The lowest BCUT2D eigenvalue weighted by Gasteiger charge is -2.38. The molecule has 1 aliphatic carbocycles. The largest absolute Gasteiger partial charge is 0.462 e. The number of nitrogens with two attached hydrogens (primary N) is 1. The van der Waals surface area contributed by atoms with Crippen LogP contribution in [0.25, 0.3) is 11.1 Å². The molecule has 1 saturated carbocycles. The first kappa shape index (κ1) is 29.7. The van der Waals surface area contributed by atoms with Gasteiger partial charge in [0.25, 0.3) is 0 Å². The van der Waals surface area contributed by atoms with E-state index >= 15 is 0 Å². The zero-order valence-corrected chi connectivity index (χ0v) is 22.4. The first-order valence-corrected chi connectivity index (χ1v) is 13.2. The number of rotatable bonds is 6. The van der Waals surface area contributed by atoms with Gasteiger partial charge in [0, 0.05) is 18.4 Å². The molecule has 0 bridgehead atoms. The van der Waals surface area contributed by atoms with Crippen molar-refractivity contribution in [2.45, 2.75) is 105 Å². The maximum Gasteiger partial charge on any atom is 0.210 e. The molecule has 0 unspecified atom stereocenters. The van der Waals surface area contributed by atoms with Gasteiger partial charge >= 0.3 is 0 Å². The maximum absolute atomic E-state index is 8.58. The van der Waals surface area contributed by atoms with E-state index in [0.29, 0.717) is 6.61 Å². The Bertz CT molecular complexity index is 806. The van der Waals surface area contributed by atoms with E-state index in [-0.39, 0.29) is 6.41 Å². The summed E-state index contributed by atoms with van der Waals surface area (Å²) < 4.78 is 12.5. The minimum Gasteiger partial charge on any atom is -0.462 e. The van der Waals surface area contributed by atoms with Gasteiger partial charge in [0.1, 0.15) is 5.75 Å². The fourth-order valence-corrected chi connectivity index (χ4v) is 4.09. The molecular formula is C30H47NO3. The number of hydrogen-bond donors (Lipinski definition) is 1. The Labute approximate surface area is 208 Å². The van der Waals surface area contributed by atoms with E-state index in [0.717, 1.165) is 49.3 Å². The van der Waals surface area contributed by atoms with Crippen LogP contribution in [0.2, 0.25) is 0 Å². The van der Waals surface area contributed by atoms with E-state index < -0.39 is 5.79 Å². The van der Waals surface area contributed by atoms with Gasteiger partial charge < -0.3 is 15.2 Å². The zero-order chi connectivity index (χ0) is 25.4. The monoisotopic (exact) mass is 469 g/mol. The van der Waals surface area contributed by atoms with Gasteiger partial charge in [-0.15, -0.1) is 0 Å². The molecule has 1 aliphatic heterocycles. The second kappa shape index (κ2) is 16.3. The van der Waals surface area contributed by atoms with E-state index in [9.17, 15) is 0 Å². The molecule has 190 valence electrons. The van der Waals surface area contributed by atoms with Crippen LogP contribution in [-0.4, -0.2) is 12.2 Å². The summed E-state index contributed by atoms with van der Waals surface area (Å²) in [7, 11) is 0. The summed E-state index contributed by atoms with van der Waals surface area (Å²) in [5.41, 5.74) is 9.15. The SMILES string of the molecule is CC.CC1CCC1.CCCC1(CCC)OCc2cc(-c3ccc(CC)cc3)ccc2O1.NC=O. The predicted molar refractivity (Wildman–Crippen MR) is 144 cm³/mol. The molecule has 2 N–H and O–H groups in total. The van der Waals surface area contributed by atoms with Crippen molar-refractivity contribution in [2.75, 3.05) is 0 Å². The van der Waals surface area contributed by atoms with Crippen molar-refractivity contribution in [3.8, 4) is 16.9 Å². The van der Waals surface area contributed by atoms with Crippen LogP contribution in [-0.2, 0) is 22.6 Å². The van der Waals surface area contributed by atoms with Crippen LogP contribution in [0.3, 0.4) is 0 Å². The molecule has 4 nitrogen and oxygen atoms in total. The summed E-state index contributed by atoms with van der Waals surface area (Å²) in [6, 6.07) is 15.3. The van der Waals surface area contributed by atoms with Crippen molar-refractivity contribution < 1.29 is 14.3 Å². The molecule has 1 amide bonds. The second-order valence-electron chi connectivity index (χ2n) is 8.85. The first-order valence-electron chi connectivity index (χ1n) is 13.2. The maximum atomic E-state index is 8.58. The number of amides is 1. The van der Waals surface area contributed by atoms with E-state index in [1.54, 1.807) is 0 Å². The third-order valence-corrected chi connectivity index (χ3v) is 6.20. The molecule has 34 heavy (non-hydrogen) atoms. The molecule has 0 spiro atoms. The van der Waals surface area contributed by atoms with E-state index in [1.165, 1.54) is 36.0 Å². The fourth-order valence-electron chi connectivity index (χ4n) is 4.09. The summed E-state index contributed by atoms with van der Waals surface area (Å²) in [5.74, 6) is 1.62. The van der Waals surface area contributed by atoms with E-state index in [4.69, 9.17) is 14.3 Å². The zero-order valence-electron chi connectivity index (χ0n) is 22.4. The third kappa shape index (κ3) is 9.13. The molecule has 2 aromatic rings. The topological polar surface area (TPSA) is 61.6 Å². The van der Waals surface area contributed by atoms with Crippen LogP contribution < -0.4 is 10.5 Å². The lowest BCUT2D eigenvalue weighted by atomic mass is 9.88. The summed E-state index contributed by atoms with van der Waals surface area (Å²) in [6.07, 6.45) is 9.81. The molecule has 0 saturated heterocycles. The molecule has 2 aliphatic rings. The number of ether oxygens (including phenoxy) is 2. The normalized spacial score (nSPS) is 15.4. The van der Waals surface area contributed by atoms with Crippen molar-refractivity contribution in [3.05, 3.63) is 53.6 Å². The highest BCUT2D eigenvalue weighted by Crippen LogP contribution is 2.38. The molecule has 0 radical (unpaired) electrons. The van der Waals surface area contributed by atoms with E-state index in [2.05, 4.69) is 75.9 Å². The van der Waals surface area contributed by atoms with Crippen LogP contribution in [0.1, 0.15) is 97.6 Å². The average Bonchev–Trinajstić information content (AvgIpc) is 2.85. The van der Waals surface area contributed by atoms with Gasteiger partial charge in [-0.3, -0.25) is 4.79 Å². The van der Waals surface area contributed by atoms with Crippen molar-refractivity contribution in [3.63, 3.8) is 0 Å². The summed E-state index contributed by atoms with van der Waals surface area (Å²) in [4.78, 5) is 8.58. The Morgan fingerprint density at radius 3 is 1.94 bits per heavy atom. The highest BCUT2D eigenvalue weighted by molar-refractivity contribution is 5.66. The minimum atomic E-state index is -0.430. The highest BCUT2D eigenvalue weighted by atomic mass is 16.7. The Morgan fingerprint density at radius 2 is 1.50 bits per heavy atom. The molecule has 2 aromatic carbocycles. The molecule has 1 heterocycles. The number of fused-ring (bicyclic) bond motifs is 1. The molecule has 4 rings (SSSR count). The van der Waals surface area contributed by atoms with E-state index in [1.807, 2.05) is 13.8 Å². The van der Waals surface area contributed by atoms with Gasteiger partial charge in [-0.05, 0) is 54.0 Å². The summed E-state index contributed by atoms with van der Waals surface area (Å²) in [6.45, 7) is 13.5. The standard InChI is InChI=1S/C22H28O2.C5H10.C2H6.CH3NO/c1-4-13-22(14-5-2)23-16-20-15-19(11-12-21(20)24-22)18-9-7-17(6-3)8-10-18;1-5-3-2-4-5;1-2;2-1-3/h7-12,15H,4-6,13-14,16H2,1-3H3;5H,2-4H2,1H3;1-2H3;1H,(H2,2,3). The molecule has 0 atom stereocenters. The Morgan fingerprint density at radius 1 is 0.971 bits per heavy atom. The smallest absolute Gasteiger partial charge is 0.210 e. The lowest BCUT2D eigenvalue weighted by molar-refractivity contribution is -0.214. The van der Waals surface area contributed by atoms with Crippen LogP contribution in [0, 0.1) is 5.92 Å². The predicted octanol–water partition coefficient (Wildman–Crippen LogP) is 8.06. The third-order valence-electron chi connectivity index (χ3n) is 6.20. The number of carbonyl (C=O) groups excluding carboxylic acids is 1. The fraction of sp³-hybridized carbons (Fsp3) is 0.567. The number of benzene rings is 2. The Hall–Kier alpha value is -2.33. The van der Waals surface area contributed by atoms with Crippen LogP contribution in [0.15, 0.2) is 42.5 Å². The number of primary amides is 1. The van der Waals surface area contributed by atoms with Crippen LogP contribution in [0.5, 0.6) is 5.75 Å². The Kier molecular flexibility index (Phi) is 14.3. The number of aryl methyl sites for hydroxylation is 1. The number of hydrogen-bond acceptors (Lipinski definition) is 3. The van der Waals surface area contributed by atoms with Gasteiger partial charge in [-0.2, -0.15) is 0 Å². The van der Waals surface area contributed by atoms with Gasteiger partial charge in [-0.25, -0.2) is 0 Å². The average molecular weight is 470 g/mol. The Balaban J connectivity index is 0.000000488. The summed E-state index contributed by atoms with van der Waals surface area (Å²) >= 11 is 0. The van der Waals surface area contributed by atoms with Gasteiger partial charge in [0.05, 0.1) is 6.61 Å². The van der Waals surface area contributed by atoms with Gasteiger partial charge in [0.15, 0.2) is 0 Å². The van der Waals surface area contributed by atoms with Crippen molar-refractivity contribution in [1.29, 1.82) is 0 Å². The van der Waals surface area contributed by atoms with Crippen LogP contribution in [0.4, 0.5) is 0 Å². The second-order valence-corrected chi connectivity index (χ2v) is 8.85. The lowest BCUT2D eigenvalue weighted by Crippen LogP contribution is -2.41.